The summed E-state index contributed by atoms with van der Waals surface area (Å²) in [6.07, 6.45) is 2.47. The van der Waals surface area contributed by atoms with Crippen molar-refractivity contribution in [3.05, 3.63) is 28.2 Å². The van der Waals surface area contributed by atoms with E-state index in [0.717, 1.165) is 29.9 Å². The predicted molar refractivity (Wildman–Crippen MR) is 84.1 cm³/mol. The number of benzene rings is 1. The zero-order chi connectivity index (χ0) is 14.4. The molecule has 0 amide bonds. The van der Waals surface area contributed by atoms with Crippen molar-refractivity contribution in [3.63, 3.8) is 0 Å². The maximum atomic E-state index is 9.26. The van der Waals surface area contributed by atoms with E-state index in [9.17, 15) is 5.11 Å². The Kier molecular flexibility index (Phi) is 6.29. The molecule has 2 N–H and O–H groups in total. The van der Waals surface area contributed by atoms with Gasteiger partial charge in [-0.15, -0.1) is 0 Å². The molecule has 1 atom stereocenters. The first kappa shape index (κ1) is 15.8. The van der Waals surface area contributed by atoms with Crippen LogP contribution in [0.25, 0.3) is 0 Å². The van der Waals surface area contributed by atoms with Gasteiger partial charge in [0.25, 0.3) is 0 Å². The Balaban J connectivity index is 2.02. The molecule has 112 valence electrons. The second kappa shape index (κ2) is 7.98. The number of nitrogens with zero attached hydrogens (tertiary/aromatic N) is 1. The van der Waals surface area contributed by atoms with Gasteiger partial charge in [0, 0.05) is 30.1 Å². The van der Waals surface area contributed by atoms with Crippen LogP contribution in [0.5, 0.6) is 5.75 Å². The van der Waals surface area contributed by atoms with E-state index in [1.807, 2.05) is 12.1 Å². The van der Waals surface area contributed by atoms with Crippen molar-refractivity contribution in [1.82, 2.24) is 10.2 Å². The van der Waals surface area contributed by atoms with E-state index < -0.39 is 0 Å². The highest BCUT2D eigenvalue weighted by Gasteiger charge is 2.18. The summed E-state index contributed by atoms with van der Waals surface area (Å²) in [6.45, 7) is 3.79. The van der Waals surface area contributed by atoms with E-state index in [0.29, 0.717) is 12.6 Å². The minimum atomic E-state index is 0.189. The summed E-state index contributed by atoms with van der Waals surface area (Å²) in [4.78, 5) is 2.29. The minimum Gasteiger partial charge on any atom is -0.497 e. The molecule has 1 aromatic carbocycles. The summed E-state index contributed by atoms with van der Waals surface area (Å²) in [6, 6.07) is 6.56. The quantitative estimate of drug-likeness (QED) is 0.795. The molecule has 0 saturated carbocycles. The first-order valence-electron chi connectivity index (χ1n) is 7.12. The number of methoxy groups -OCH3 is 1. The second-order valence-corrected chi connectivity index (χ2v) is 6.06. The molecule has 0 bridgehead atoms. The van der Waals surface area contributed by atoms with Gasteiger partial charge in [0.1, 0.15) is 5.75 Å². The van der Waals surface area contributed by atoms with Crippen LogP contribution in [0.1, 0.15) is 18.4 Å². The van der Waals surface area contributed by atoms with Crippen LogP contribution in [-0.2, 0) is 6.54 Å². The van der Waals surface area contributed by atoms with E-state index in [-0.39, 0.29) is 6.61 Å². The smallest absolute Gasteiger partial charge is 0.119 e. The minimum absolute atomic E-state index is 0.189. The highest BCUT2D eigenvalue weighted by atomic mass is 79.9. The number of ether oxygens (including phenoxy) is 1. The third-order valence-corrected chi connectivity index (χ3v) is 4.48. The molecule has 0 spiro atoms. The number of hydrogen-bond acceptors (Lipinski definition) is 4. The fourth-order valence-corrected chi connectivity index (χ4v) is 3.01. The van der Waals surface area contributed by atoms with Crippen molar-refractivity contribution in [2.24, 2.45) is 0 Å². The van der Waals surface area contributed by atoms with Crippen molar-refractivity contribution in [1.29, 1.82) is 0 Å². The van der Waals surface area contributed by atoms with Crippen molar-refractivity contribution in [2.45, 2.75) is 25.4 Å². The Labute approximate surface area is 129 Å². The molecule has 1 heterocycles. The van der Waals surface area contributed by atoms with Gasteiger partial charge in [-0.1, -0.05) is 15.9 Å². The van der Waals surface area contributed by atoms with Gasteiger partial charge in [-0.05, 0) is 43.1 Å². The maximum absolute atomic E-state index is 9.26. The largest absolute Gasteiger partial charge is 0.497 e. The molecule has 1 aliphatic heterocycles. The molecule has 0 aliphatic carbocycles. The zero-order valence-corrected chi connectivity index (χ0v) is 13.5. The van der Waals surface area contributed by atoms with Crippen LogP contribution in [0.2, 0.25) is 0 Å². The molecule has 2 rings (SSSR count). The lowest BCUT2D eigenvalue weighted by Gasteiger charge is -2.25. The second-order valence-electron chi connectivity index (χ2n) is 5.21. The maximum Gasteiger partial charge on any atom is 0.119 e. The van der Waals surface area contributed by atoms with Crippen LogP contribution in [-0.4, -0.2) is 49.4 Å². The predicted octanol–water partition coefficient (Wildman–Crippen LogP) is 2.00. The molecule has 1 unspecified atom stereocenters. The van der Waals surface area contributed by atoms with Crippen LogP contribution in [0.3, 0.4) is 0 Å². The van der Waals surface area contributed by atoms with E-state index in [1.54, 1.807) is 7.11 Å². The van der Waals surface area contributed by atoms with Crippen LogP contribution >= 0.6 is 15.9 Å². The third-order valence-electron chi connectivity index (χ3n) is 3.70. The number of nitrogens with one attached hydrogen (secondary N) is 1. The number of halogens is 1. The van der Waals surface area contributed by atoms with E-state index in [2.05, 4.69) is 32.2 Å². The van der Waals surface area contributed by atoms with Gasteiger partial charge >= 0.3 is 0 Å². The lowest BCUT2D eigenvalue weighted by molar-refractivity contribution is 0.179. The molecule has 0 radical (unpaired) electrons. The summed E-state index contributed by atoms with van der Waals surface area (Å²) < 4.78 is 6.37. The average molecular weight is 343 g/mol. The molecule has 1 saturated heterocycles. The summed E-state index contributed by atoms with van der Waals surface area (Å²) in [5.41, 5.74) is 1.19. The summed E-state index contributed by atoms with van der Waals surface area (Å²) in [5.74, 6) is 0.867. The van der Waals surface area contributed by atoms with Crippen LogP contribution in [0, 0.1) is 0 Å². The van der Waals surface area contributed by atoms with Crippen molar-refractivity contribution in [3.8, 4) is 5.75 Å². The van der Waals surface area contributed by atoms with Crippen LogP contribution < -0.4 is 10.1 Å². The van der Waals surface area contributed by atoms with Crippen molar-refractivity contribution in [2.75, 3.05) is 33.4 Å². The van der Waals surface area contributed by atoms with Crippen LogP contribution in [0.4, 0.5) is 0 Å². The Morgan fingerprint density at radius 2 is 2.35 bits per heavy atom. The molecular weight excluding hydrogens is 320 g/mol. The summed E-state index contributed by atoms with van der Waals surface area (Å²) >= 11 is 3.59. The monoisotopic (exact) mass is 342 g/mol. The van der Waals surface area contributed by atoms with E-state index in [1.165, 1.54) is 18.4 Å². The van der Waals surface area contributed by atoms with Crippen molar-refractivity contribution < 1.29 is 9.84 Å². The summed E-state index contributed by atoms with van der Waals surface area (Å²) in [5, 5.41) is 12.8. The number of aliphatic hydroxyl groups excluding tert-OH is 1. The average Bonchev–Trinajstić information content (AvgIpc) is 2.94. The first-order chi connectivity index (χ1) is 9.72. The Morgan fingerprint density at radius 1 is 1.50 bits per heavy atom. The molecule has 1 aromatic rings. The number of hydrogen-bond donors (Lipinski definition) is 2. The molecule has 1 fully saturated rings. The first-order valence-corrected chi connectivity index (χ1v) is 7.91. The Morgan fingerprint density at radius 3 is 3.00 bits per heavy atom. The Hall–Kier alpha value is -0.620. The standard InChI is InChI=1S/C15H23BrN2O2/c1-20-14-4-5-15(16)12(9-14)10-18(7-8-19)11-13-3-2-6-17-13/h4-5,9,13,17,19H,2-3,6-8,10-11H2,1H3. The molecule has 20 heavy (non-hydrogen) atoms. The van der Waals surface area contributed by atoms with Gasteiger partial charge in [0.05, 0.1) is 13.7 Å². The fourth-order valence-electron chi connectivity index (χ4n) is 2.64. The van der Waals surface area contributed by atoms with Gasteiger partial charge < -0.3 is 15.2 Å². The molecule has 0 aromatic heterocycles. The highest BCUT2D eigenvalue weighted by molar-refractivity contribution is 9.10. The van der Waals surface area contributed by atoms with Crippen molar-refractivity contribution >= 4 is 15.9 Å². The lowest BCUT2D eigenvalue weighted by Crippen LogP contribution is -2.38. The topological polar surface area (TPSA) is 44.7 Å². The highest BCUT2D eigenvalue weighted by Crippen LogP contribution is 2.24. The normalized spacial score (nSPS) is 18.7. The van der Waals surface area contributed by atoms with Gasteiger partial charge in [-0.3, -0.25) is 4.90 Å². The fraction of sp³-hybridized carbons (Fsp3) is 0.600. The number of rotatable bonds is 7. The van der Waals surface area contributed by atoms with Crippen LogP contribution in [0.15, 0.2) is 22.7 Å². The number of aliphatic hydroxyl groups is 1. The summed E-state index contributed by atoms with van der Waals surface area (Å²) in [7, 11) is 1.68. The SMILES string of the molecule is COc1ccc(Br)c(CN(CCO)CC2CCCN2)c1. The molecule has 1 aliphatic rings. The molecule has 5 heteroatoms. The van der Waals surface area contributed by atoms with Gasteiger partial charge in [0.15, 0.2) is 0 Å². The third kappa shape index (κ3) is 4.45. The van der Waals surface area contributed by atoms with E-state index in [4.69, 9.17) is 4.74 Å². The van der Waals surface area contributed by atoms with Gasteiger partial charge in [-0.25, -0.2) is 0 Å². The van der Waals surface area contributed by atoms with Gasteiger partial charge in [0.2, 0.25) is 0 Å². The molecule has 4 nitrogen and oxygen atoms in total. The Bertz CT molecular complexity index is 422. The molecular formula is C15H23BrN2O2. The van der Waals surface area contributed by atoms with Gasteiger partial charge in [-0.2, -0.15) is 0 Å². The van der Waals surface area contributed by atoms with E-state index >= 15 is 0 Å². The zero-order valence-electron chi connectivity index (χ0n) is 11.9. The lowest BCUT2D eigenvalue weighted by atomic mass is 10.1.